The lowest BCUT2D eigenvalue weighted by Crippen LogP contribution is -2.14. The van der Waals surface area contributed by atoms with Gasteiger partial charge in [0.2, 0.25) is 0 Å². The van der Waals surface area contributed by atoms with Crippen LogP contribution >= 0.6 is 0 Å². The van der Waals surface area contributed by atoms with Gasteiger partial charge in [0.25, 0.3) is 0 Å². The average molecular weight is 445 g/mol. The summed E-state index contributed by atoms with van der Waals surface area (Å²) in [6.45, 7) is 2.04. The molecule has 166 valence electrons. The summed E-state index contributed by atoms with van der Waals surface area (Å²) in [5, 5.41) is 0.583. The van der Waals surface area contributed by atoms with E-state index < -0.39 is 29.5 Å². The van der Waals surface area contributed by atoms with Gasteiger partial charge in [0, 0.05) is 42.8 Å². The SMILES string of the molecule is COC(=O)c1nc(COC(C)=O)c2cc(Oc3cc(F)cc(F)c3)ccc2c1OC(C)=O. The number of ether oxygens (including phenoxy) is 4. The number of methoxy groups -OCH3 is 1. The van der Waals surface area contributed by atoms with Crippen LogP contribution in [0.4, 0.5) is 8.78 Å². The van der Waals surface area contributed by atoms with Crippen LogP contribution < -0.4 is 9.47 Å². The smallest absolute Gasteiger partial charge is 0.360 e. The number of hydrogen-bond acceptors (Lipinski definition) is 8. The zero-order valence-corrected chi connectivity index (χ0v) is 17.2. The standard InChI is InChI=1S/C22H17F2NO7/c1-11(26)30-10-19-18-9-15(32-16-7-13(23)6-14(24)8-16)4-5-17(18)21(31-12(2)27)20(25-19)22(28)29-3/h4-9H,10H2,1-3H3. The Hall–Kier alpha value is -4.08. The van der Waals surface area contributed by atoms with Gasteiger partial charge in [-0.3, -0.25) is 9.59 Å². The highest BCUT2D eigenvalue weighted by Gasteiger charge is 2.23. The Morgan fingerprint density at radius 1 is 0.906 bits per heavy atom. The molecule has 0 aliphatic heterocycles. The van der Waals surface area contributed by atoms with E-state index in [0.29, 0.717) is 11.5 Å². The summed E-state index contributed by atoms with van der Waals surface area (Å²) >= 11 is 0. The third-order valence-electron chi connectivity index (χ3n) is 4.12. The van der Waals surface area contributed by atoms with Crippen LogP contribution in [0.25, 0.3) is 10.8 Å². The lowest BCUT2D eigenvalue weighted by Gasteiger charge is -2.15. The molecule has 1 aromatic heterocycles. The van der Waals surface area contributed by atoms with Crippen LogP contribution in [0.1, 0.15) is 30.0 Å². The summed E-state index contributed by atoms with van der Waals surface area (Å²) in [6, 6.07) is 7.04. The Morgan fingerprint density at radius 2 is 1.59 bits per heavy atom. The number of esters is 3. The lowest BCUT2D eigenvalue weighted by atomic mass is 10.1. The highest BCUT2D eigenvalue weighted by Crippen LogP contribution is 2.35. The lowest BCUT2D eigenvalue weighted by molar-refractivity contribution is -0.142. The molecule has 0 fully saturated rings. The second-order valence-corrected chi connectivity index (χ2v) is 6.52. The van der Waals surface area contributed by atoms with E-state index in [1.54, 1.807) is 0 Å². The molecule has 1 heterocycles. The van der Waals surface area contributed by atoms with Gasteiger partial charge in [0.1, 0.15) is 29.7 Å². The van der Waals surface area contributed by atoms with Crippen LogP contribution in [-0.2, 0) is 25.7 Å². The zero-order chi connectivity index (χ0) is 23.4. The maximum absolute atomic E-state index is 13.5. The minimum absolute atomic E-state index is 0.0947. The summed E-state index contributed by atoms with van der Waals surface area (Å²) < 4.78 is 47.4. The van der Waals surface area contributed by atoms with Gasteiger partial charge in [0.15, 0.2) is 11.4 Å². The van der Waals surface area contributed by atoms with E-state index in [0.717, 1.165) is 26.2 Å². The van der Waals surface area contributed by atoms with Crippen molar-refractivity contribution < 1.29 is 42.1 Å². The van der Waals surface area contributed by atoms with E-state index in [4.69, 9.17) is 18.9 Å². The Balaban J connectivity index is 2.18. The largest absolute Gasteiger partial charge is 0.464 e. The summed E-state index contributed by atoms with van der Waals surface area (Å²) in [7, 11) is 1.13. The van der Waals surface area contributed by atoms with Crippen molar-refractivity contribution in [1.82, 2.24) is 4.98 Å². The molecule has 0 aliphatic carbocycles. The molecule has 10 heteroatoms. The fourth-order valence-electron chi connectivity index (χ4n) is 2.88. The van der Waals surface area contributed by atoms with E-state index in [2.05, 4.69) is 4.98 Å². The van der Waals surface area contributed by atoms with Crippen molar-refractivity contribution in [2.45, 2.75) is 20.5 Å². The molecule has 0 saturated heterocycles. The first-order valence-corrected chi connectivity index (χ1v) is 9.18. The van der Waals surface area contributed by atoms with Crippen LogP contribution in [0.5, 0.6) is 17.2 Å². The highest BCUT2D eigenvalue weighted by molar-refractivity contribution is 6.02. The van der Waals surface area contributed by atoms with Crippen LogP contribution in [0.15, 0.2) is 36.4 Å². The number of carbonyl (C=O) groups is 3. The van der Waals surface area contributed by atoms with Gasteiger partial charge in [-0.1, -0.05) is 0 Å². The molecule has 0 spiro atoms. The molecular formula is C22H17F2NO7. The number of pyridine rings is 1. The van der Waals surface area contributed by atoms with Gasteiger partial charge in [-0.25, -0.2) is 18.6 Å². The third-order valence-corrected chi connectivity index (χ3v) is 4.12. The number of rotatable bonds is 6. The summed E-state index contributed by atoms with van der Waals surface area (Å²) in [6.07, 6.45) is 0. The Labute approximate surface area is 180 Å². The molecule has 0 atom stereocenters. The molecule has 0 N–H and O–H groups in total. The molecule has 0 radical (unpaired) electrons. The molecule has 0 unspecified atom stereocenters. The van der Waals surface area contributed by atoms with Gasteiger partial charge in [-0.15, -0.1) is 0 Å². The van der Waals surface area contributed by atoms with E-state index in [1.165, 1.54) is 25.1 Å². The van der Waals surface area contributed by atoms with Crippen molar-refractivity contribution in [2.24, 2.45) is 0 Å². The normalized spacial score (nSPS) is 10.5. The number of nitrogens with zero attached hydrogens (tertiary/aromatic N) is 1. The van der Waals surface area contributed by atoms with E-state index in [-0.39, 0.29) is 40.6 Å². The van der Waals surface area contributed by atoms with Crippen molar-refractivity contribution in [3.63, 3.8) is 0 Å². The second-order valence-electron chi connectivity index (χ2n) is 6.52. The minimum atomic E-state index is -0.872. The number of hydrogen-bond donors (Lipinski definition) is 0. The first-order valence-electron chi connectivity index (χ1n) is 9.18. The second kappa shape index (κ2) is 9.38. The molecule has 8 nitrogen and oxygen atoms in total. The van der Waals surface area contributed by atoms with Gasteiger partial charge in [0.05, 0.1) is 12.8 Å². The number of fused-ring (bicyclic) bond motifs is 1. The molecule has 2 aromatic carbocycles. The van der Waals surface area contributed by atoms with Crippen molar-refractivity contribution >= 4 is 28.7 Å². The van der Waals surface area contributed by atoms with Gasteiger partial charge in [-0.2, -0.15) is 0 Å². The average Bonchev–Trinajstić information content (AvgIpc) is 2.71. The molecule has 0 aliphatic rings. The topological polar surface area (TPSA) is 101 Å². The molecule has 32 heavy (non-hydrogen) atoms. The Morgan fingerprint density at radius 3 is 2.19 bits per heavy atom. The molecule has 0 saturated carbocycles. The van der Waals surface area contributed by atoms with Crippen molar-refractivity contribution in [1.29, 1.82) is 0 Å². The summed E-state index contributed by atoms with van der Waals surface area (Å²) in [5.74, 6) is -3.91. The van der Waals surface area contributed by atoms with Crippen molar-refractivity contribution in [2.75, 3.05) is 7.11 Å². The van der Waals surface area contributed by atoms with Gasteiger partial charge < -0.3 is 18.9 Å². The van der Waals surface area contributed by atoms with Crippen LogP contribution in [0, 0.1) is 11.6 Å². The first kappa shape index (κ1) is 22.6. The fourth-order valence-corrected chi connectivity index (χ4v) is 2.88. The highest BCUT2D eigenvalue weighted by atomic mass is 19.1. The predicted molar refractivity (Wildman–Crippen MR) is 106 cm³/mol. The van der Waals surface area contributed by atoms with E-state index in [1.807, 2.05) is 0 Å². The van der Waals surface area contributed by atoms with Gasteiger partial charge in [-0.05, 0) is 18.2 Å². The third kappa shape index (κ3) is 5.15. The molecular weight excluding hydrogens is 428 g/mol. The maximum atomic E-state index is 13.5. The number of halogens is 2. The monoisotopic (exact) mass is 445 g/mol. The van der Waals surface area contributed by atoms with E-state index in [9.17, 15) is 23.2 Å². The number of benzene rings is 2. The number of aromatic nitrogens is 1. The fraction of sp³-hybridized carbons (Fsp3) is 0.182. The Bertz CT molecular complexity index is 1210. The van der Waals surface area contributed by atoms with Crippen molar-refractivity contribution in [3.8, 4) is 17.2 Å². The summed E-state index contributed by atoms with van der Waals surface area (Å²) in [4.78, 5) is 39.3. The quantitative estimate of drug-likeness (QED) is 0.523. The van der Waals surface area contributed by atoms with Crippen LogP contribution in [0.3, 0.4) is 0 Å². The van der Waals surface area contributed by atoms with Crippen molar-refractivity contribution in [3.05, 3.63) is 59.4 Å². The first-order chi connectivity index (χ1) is 15.2. The molecule has 0 amide bonds. The minimum Gasteiger partial charge on any atom is -0.464 e. The Kier molecular flexibility index (Phi) is 6.62. The zero-order valence-electron chi connectivity index (χ0n) is 17.2. The molecule has 0 bridgehead atoms. The van der Waals surface area contributed by atoms with Crippen LogP contribution in [0.2, 0.25) is 0 Å². The maximum Gasteiger partial charge on any atom is 0.360 e. The summed E-state index contributed by atoms with van der Waals surface area (Å²) in [5.41, 5.74) is -0.152. The molecule has 3 aromatic rings. The van der Waals surface area contributed by atoms with Crippen LogP contribution in [-0.4, -0.2) is 30.0 Å². The van der Waals surface area contributed by atoms with E-state index >= 15 is 0 Å². The number of carbonyl (C=O) groups excluding carboxylic acids is 3. The molecule has 3 rings (SSSR count). The van der Waals surface area contributed by atoms with Gasteiger partial charge >= 0.3 is 17.9 Å². The predicted octanol–water partition coefficient (Wildman–Crippen LogP) is 4.08.